The van der Waals surface area contributed by atoms with Crippen molar-refractivity contribution in [2.45, 2.75) is 25.7 Å². The van der Waals surface area contributed by atoms with Crippen LogP contribution in [0, 0.1) is 5.92 Å². The van der Waals surface area contributed by atoms with Gasteiger partial charge in [0, 0.05) is 25.2 Å². The lowest BCUT2D eigenvalue weighted by Gasteiger charge is -2.20. The van der Waals surface area contributed by atoms with Crippen LogP contribution >= 0.6 is 12.4 Å². The predicted octanol–water partition coefficient (Wildman–Crippen LogP) is 2.02. The highest BCUT2D eigenvalue weighted by atomic mass is 35.5. The second-order valence-electron chi connectivity index (χ2n) is 5.04. The van der Waals surface area contributed by atoms with Crippen molar-refractivity contribution in [3.05, 3.63) is 41.8 Å². The average molecular weight is 295 g/mol. The van der Waals surface area contributed by atoms with Crippen LogP contribution in [0.5, 0.6) is 0 Å². The highest BCUT2D eigenvalue weighted by Crippen LogP contribution is 2.17. The summed E-state index contributed by atoms with van der Waals surface area (Å²) in [5.41, 5.74) is 1.11. The number of nitrogens with one attached hydrogen (secondary N) is 1. The van der Waals surface area contributed by atoms with Gasteiger partial charge in [-0.2, -0.15) is 4.98 Å². The van der Waals surface area contributed by atoms with E-state index in [9.17, 15) is 0 Å². The summed E-state index contributed by atoms with van der Waals surface area (Å²) in [6.07, 6.45) is 7.58. The van der Waals surface area contributed by atoms with E-state index in [4.69, 9.17) is 4.52 Å². The van der Waals surface area contributed by atoms with Crippen molar-refractivity contribution < 1.29 is 4.52 Å². The Hall–Kier alpha value is -1.46. The third-order valence-electron chi connectivity index (χ3n) is 3.52. The van der Waals surface area contributed by atoms with Crippen LogP contribution in [0.1, 0.15) is 30.1 Å². The first-order valence-corrected chi connectivity index (χ1v) is 6.81. The summed E-state index contributed by atoms with van der Waals surface area (Å²) in [5, 5.41) is 7.41. The molecule has 0 spiro atoms. The van der Waals surface area contributed by atoms with Gasteiger partial charge in [0.15, 0.2) is 5.82 Å². The fourth-order valence-corrected chi connectivity index (χ4v) is 2.46. The number of pyridine rings is 1. The Morgan fingerprint density at radius 2 is 2.15 bits per heavy atom. The maximum absolute atomic E-state index is 5.34. The summed E-state index contributed by atoms with van der Waals surface area (Å²) >= 11 is 0. The number of aromatic nitrogens is 3. The molecule has 20 heavy (non-hydrogen) atoms. The molecule has 108 valence electrons. The molecule has 0 unspecified atom stereocenters. The predicted molar refractivity (Wildman–Crippen MR) is 77.9 cm³/mol. The van der Waals surface area contributed by atoms with Crippen molar-refractivity contribution in [2.24, 2.45) is 5.92 Å². The summed E-state index contributed by atoms with van der Waals surface area (Å²) < 4.78 is 5.34. The highest BCUT2D eigenvalue weighted by Gasteiger charge is 2.17. The lowest BCUT2D eigenvalue weighted by atomic mass is 9.95. The van der Waals surface area contributed by atoms with Gasteiger partial charge >= 0.3 is 0 Å². The van der Waals surface area contributed by atoms with Crippen LogP contribution in [0.2, 0.25) is 0 Å². The van der Waals surface area contributed by atoms with Crippen molar-refractivity contribution in [1.29, 1.82) is 0 Å². The topological polar surface area (TPSA) is 63.8 Å². The third kappa shape index (κ3) is 4.02. The molecule has 0 amide bonds. The van der Waals surface area contributed by atoms with Gasteiger partial charge in [0.2, 0.25) is 5.89 Å². The number of hydrogen-bond donors (Lipinski definition) is 1. The van der Waals surface area contributed by atoms with E-state index in [0.717, 1.165) is 36.8 Å². The molecule has 6 heteroatoms. The van der Waals surface area contributed by atoms with Crippen LogP contribution in [-0.4, -0.2) is 28.2 Å². The summed E-state index contributed by atoms with van der Waals surface area (Å²) in [4.78, 5) is 8.56. The van der Waals surface area contributed by atoms with Crippen molar-refractivity contribution in [1.82, 2.24) is 20.4 Å². The van der Waals surface area contributed by atoms with E-state index in [-0.39, 0.29) is 12.4 Å². The molecule has 1 saturated heterocycles. The van der Waals surface area contributed by atoms with Gasteiger partial charge in [-0.15, -0.1) is 12.4 Å². The first kappa shape index (κ1) is 14.9. The fourth-order valence-electron chi connectivity index (χ4n) is 2.46. The monoisotopic (exact) mass is 294 g/mol. The van der Waals surface area contributed by atoms with Crippen LogP contribution in [0.3, 0.4) is 0 Å². The Morgan fingerprint density at radius 1 is 1.30 bits per heavy atom. The van der Waals surface area contributed by atoms with Crippen LogP contribution in [0.25, 0.3) is 0 Å². The fraction of sp³-hybridized carbons (Fsp3) is 0.500. The smallest absolute Gasteiger partial charge is 0.226 e. The van der Waals surface area contributed by atoms with E-state index in [1.165, 1.54) is 12.8 Å². The van der Waals surface area contributed by atoms with E-state index in [2.05, 4.69) is 20.4 Å². The average Bonchev–Trinajstić information content (AvgIpc) is 2.88. The minimum Gasteiger partial charge on any atom is -0.339 e. The third-order valence-corrected chi connectivity index (χ3v) is 3.52. The number of hydrogen-bond acceptors (Lipinski definition) is 5. The molecule has 3 rings (SSSR count). The number of piperidine rings is 1. The Balaban J connectivity index is 0.00000147. The second kappa shape index (κ2) is 7.36. The zero-order valence-electron chi connectivity index (χ0n) is 11.3. The molecule has 0 aromatic carbocycles. The Morgan fingerprint density at radius 3 is 2.90 bits per heavy atom. The highest BCUT2D eigenvalue weighted by molar-refractivity contribution is 5.85. The molecule has 0 atom stereocenters. The van der Waals surface area contributed by atoms with Gasteiger partial charge < -0.3 is 9.84 Å². The molecule has 2 aromatic heterocycles. The molecule has 1 N–H and O–H groups in total. The number of rotatable bonds is 4. The maximum Gasteiger partial charge on any atom is 0.226 e. The quantitative estimate of drug-likeness (QED) is 0.934. The zero-order chi connectivity index (χ0) is 12.9. The molecule has 0 radical (unpaired) electrons. The van der Waals surface area contributed by atoms with Crippen LogP contribution in [-0.2, 0) is 12.8 Å². The molecule has 0 aliphatic carbocycles. The Bertz CT molecular complexity index is 511. The minimum absolute atomic E-state index is 0. The molecule has 0 saturated carbocycles. The summed E-state index contributed by atoms with van der Waals surface area (Å²) in [5.74, 6) is 2.19. The molecule has 0 bridgehead atoms. The van der Waals surface area contributed by atoms with E-state index in [1.807, 2.05) is 18.3 Å². The van der Waals surface area contributed by atoms with Crippen molar-refractivity contribution in [3.8, 4) is 0 Å². The van der Waals surface area contributed by atoms with Crippen molar-refractivity contribution in [3.63, 3.8) is 0 Å². The van der Waals surface area contributed by atoms with Gasteiger partial charge in [0.25, 0.3) is 0 Å². The number of halogens is 1. The van der Waals surface area contributed by atoms with E-state index >= 15 is 0 Å². The van der Waals surface area contributed by atoms with Crippen LogP contribution in [0.4, 0.5) is 0 Å². The van der Waals surface area contributed by atoms with Gasteiger partial charge in [-0.1, -0.05) is 11.2 Å². The van der Waals surface area contributed by atoms with Crippen molar-refractivity contribution in [2.75, 3.05) is 13.1 Å². The molecular formula is C14H19ClN4O. The summed E-state index contributed by atoms with van der Waals surface area (Å²) in [7, 11) is 0. The molecule has 1 aliphatic rings. The summed E-state index contributed by atoms with van der Waals surface area (Å²) in [6, 6.07) is 3.95. The molecular weight excluding hydrogens is 276 g/mol. The van der Waals surface area contributed by atoms with Gasteiger partial charge in [0.1, 0.15) is 0 Å². The maximum atomic E-state index is 5.34. The SMILES string of the molecule is Cl.c1cncc(Cc2noc(CC3CCNCC3)n2)c1. The molecule has 1 aliphatic heterocycles. The van der Waals surface area contributed by atoms with Gasteiger partial charge in [0.05, 0.1) is 0 Å². The lowest BCUT2D eigenvalue weighted by molar-refractivity contribution is 0.312. The zero-order valence-corrected chi connectivity index (χ0v) is 12.1. The Labute approximate surface area is 124 Å². The van der Waals surface area contributed by atoms with E-state index < -0.39 is 0 Å². The lowest BCUT2D eigenvalue weighted by Crippen LogP contribution is -2.28. The van der Waals surface area contributed by atoms with Crippen LogP contribution in [0.15, 0.2) is 29.0 Å². The first-order chi connectivity index (χ1) is 9.40. The second-order valence-corrected chi connectivity index (χ2v) is 5.04. The first-order valence-electron chi connectivity index (χ1n) is 6.81. The van der Waals surface area contributed by atoms with Gasteiger partial charge in [-0.05, 0) is 43.5 Å². The van der Waals surface area contributed by atoms with Gasteiger partial charge in [-0.3, -0.25) is 4.98 Å². The Kier molecular flexibility index (Phi) is 5.49. The van der Waals surface area contributed by atoms with E-state index in [0.29, 0.717) is 12.3 Å². The van der Waals surface area contributed by atoms with Crippen molar-refractivity contribution >= 4 is 12.4 Å². The number of nitrogens with zero attached hydrogens (tertiary/aromatic N) is 3. The minimum atomic E-state index is 0. The molecule has 5 nitrogen and oxygen atoms in total. The van der Waals surface area contributed by atoms with Crippen LogP contribution < -0.4 is 5.32 Å². The van der Waals surface area contributed by atoms with E-state index in [1.54, 1.807) is 6.20 Å². The van der Waals surface area contributed by atoms with Gasteiger partial charge in [-0.25, -0.2) is 0 Å². The molecule has 3 heterocycles. The largest absolute Gasteiger partial charge is 0.339 e. The molecule has 1 fully saturated rings. The summed E-state index contributed by atoms with van der Waals surface area (Å²) in [6.45, 7) is 2.20. The standard InChI is InChI=1S/C14H18N4O.ClH/c1-2-12(10-16-5-1)8-13-17-14(19-18-13)9-11-3-6-15-7-4-11;/h1-2,5,10-11,15H,3-4,6-9H2;1H. The molecule has 2 aromatic rings. The normalized spacial score (nSPS) is 15.8.